The number of thiazole rings is 1. The maximum absolute atomic E-state index is 12.7. The second-order valence-corrected chi connectivity index (χ2v) is 12.2. The number of Topliss-reactive ketones (excluding diaryl/α,β-unsaturated/α-hetero) is 1. The summed E-state index contributed by atoms with van der Waals surface area (Å²) in [6, 6.07) is 8.81. The fourth-order valence-corrected chi connectivity index (χ4v) is 9.53. The van der Waals surface area contributed by atoms with Gasteiger partial charge in [0, 0.05) is 28.2 Å². The van der Waals surface area contributed by atoms with Gasteiger partial charge in [-0.15, -0.1) is 11.3 Å². The van der Waals surface area contributed by atoms with Gasteiger partial charge in [-0.05, 0) is 81.1 Å². The Kier molecular flexibility index (Phi) is 4.17. The monoisotopic (exact) mass is 419 g/mol. The molecular weight excluding hydrogens is 386 g/mol. The zero-order chi connectivity index (χ0) is 20.7. The summed E-state index contributed by atoms with van der Waals surface area (Å²) >= 11 is 1.97. The molecule has 158 valence electrons. The van der Waals surface area contributed by atoms with E-state index < -0.39 is 0 Å². The zero-order valence-electron chi connectivity index (χ0n) is 18.5. The normalized spacial score (nSPS) is 39.8. The van der Waals surface area contributed by atoms with Crippen molar-refractivity contribution in [2.24, 2.45) is 28.6 Å². The maximum atomic E-state index is 12.7. The molecule has 3 fully saturated rings. The first-order chi connectivity index (χ1) is 14.4. The molecule has 0 aliphatic heterocycles. The van der Waals surface area contributed by atoms with E-state index in [2.05, 4.69) is 45.0 Å². The number of ketones is 1. The maximum Gasteiger partial charge on any atom is 0.139 e. The number of hydrogen-bond donors (Lipinski definition) is 0. The van der Waals surface area contributed by atoms with Crippen molar-refractivity contribution < 1.29 is 4.79 Å². The van der Waals surface area contributed by atoms with Crippen LogP contribution in [0.25, 0.3) is 10.6 Å². The molecule has 3 saturated carbocycles. The minimum atomic E-state index is -0.00693. The van der Waals surface area contributed by atoms with Gasteiger partial charge in [0.1, 0.15) is 10.8 Å². The number of aromatic nitrogens is 1. The summed E-state index contributed by atoms with van der Waals surface area (Å²) in [6.07, 6.45) is 9.40. The summed E-state index contributed by atoms with van der Waals surface area (Å²) in [5.74, 6) is 3.43. The van der Waals surface area contributed by atoms with Crippen molar-refractivity contribution in [1.82, 2.24) is 4.98 Å². The Morgan fingerprint density at radius 3 is 2.73 bits per heavy atom. The summed E-state index contributed by atoms with van der Waals surface area (Å²) in [7, 11) is 0. The van der Waals surface area contributed by atoms with E-state index in [1.54, 1.807) is 4.88 Å². The van der Waals surface area contributed by atoms with E-state index in [0.29, 0.717) is 23.0 Å². The molecule has 0 spiro atoms. The number of benzene rings is 1. The molecule has 2 aromatic rings. The van der Waals surface area contributed by atoms with Gasteiger partial charge >= 0.3 is 0 Å². The highest BCUT2D eigenvalue weighted by molar-refractivity contribution is 7.15. The Hall–Kier alpha value is -1.48. The van der Waals surface area contributed by atoms with E-state index in [4.69, 9.17) is 4.98 Å². The molecule has 6 rings (SSSR count). The Labute approximate surface area is 184 Å². The highest BCUT2D eigenvalue weighted by atomic mass is 32.1. The van der Waals surface area contributed by atoms with Crippen LogP contribution >= 0.6 is 11.3 Å². The fourth-order valence-electron chi connectivity index (χ4n) is 8.12. The van der Waals surface area contributed by atoms with Crippen molar-refractivity contribution >= 4 is 17.1 Å². The van der Waals surface area contributed by atoms with Gasteiger partial charge in [0.25, 0.3) is 0 Å². The minimum absolute atomic E-state index is 0.00693. The van der Waals surface area contributed by atoms with E-state index in [1.165, 1.54) is 47.5 Å². The highest BCUT2D eigenvalue weighted by Gasteiger charge is 2.60. The number of carbonyl (C=O) groups is 1. The van der Waals surface area contributed by atoms with Gasteiger partial charge in [0.2, 0.25) is 0 Å². The van der Waals surface area contributed by atoms with Crippen LogP contribution in [0.2, 0.25) is 0 Å². The smallest absolute Gasteiger partial charge is 0.139 e. The summed E-state index contributed by atoms with van der Waals surface area (Å²) in [5.41, 5.74) is 4.35. The van der Waals surface area contributed by atoms with Gasteiger partial charge in [-0.3, -0.25) is 4.79 Å². The summed E-state index contributed by atoms with van der Waals surface area (Å²) in [4.78, 5) is 19.4. The fraction of sp³-hybridized carbons (Fsp3) is 0.630. The van der Waals surface area contributed by atoms with Gasteiger partial charge in [0.15, 0.2) is 0 Å². The van der Waals surface area contributed by atoms with Crippen molar-refractivity contribution in [2.45, 2.75) is 78.1 Å². The third-order valence-electron chi connectivity index (χ3n) is 9.79. The molecular formula is C27H33NOS. The first-order valence-electron chi connectivity index (χ1n) is 12.0. The van der Waals surface area contributed by atoms with Crippen LogP contribution in [0.1, 0.15) is 80.8 Å². The molecule has 0 bridgehead atoms. The van der Waals surface area contributed by atoms with Crippen LogP contribution in [0.15, 0.2) is 24.3 Å². The second-order valence-electron chi connectivity index (χ2n) is 11.1. The van der Waals surface area contributed by atoms with Crippen LogP contribution in [-0.4, -0.2) is 10.8 Å². The Morgan fingerprint density at radius 2 is 1.90 bits per heavy atom. The average Bonchev–Trinajstić information content (AvgIpc) is 3.29. The van der Waals surface area contributed by atoms with Gasteiger partial charge in [-0.1, -0.05) is 37.6 Å². The van der Waals surface area contributed by atoms with Gasteiger partial charge in [-0.2, -0.15) is 0 Å². The SMILES string of the molecule is Cc1cccc(-c2nc3c(s2)C2CC[C@@H]4[C@H](CC[C@]5(C)C(=O)CC[C@@H]45)[C@@]2(C)CC3)c1. The number of hydrogen-bond acceptors (Lipinski definition) is 3. The number of fused-ring (bicyclic) bond motifs is 7. The third kappa shape index (κ3) is 2.54. The number of nitrogens with zero attached hydrogens (tertiary/aromatic N) is 1. The van der Waals surface area contributed by atoms with E-state index >= 15 is 0 Å². The molecule has 4 aliphatic rings. The Morgan fingerprint density at radius 1 is 1.03 bits per heavy atom. The Bertz CT molecular complexity index is 1020. The van der Waals surface area contributed by atoms with Crippen LogP contribution < -0.4 is 0 Å². The van der Waals surface area contributed by atoms with Crippen molar-refractivity contribution in [2.75, 3.05) is 0 Å². The van der Waals surface area contributed by atoms with Crippen molar-refractivity contribution in [3.8, 4) is 10.6 Å². The van der Waals surface area contributed by atoms with Crippen molar-refractivity contribution in [3.63, 3.8) is 0 Å². The highest BCUT2D eigenvalue weighted by Crippen LogP contribution is 2.67. The lowest BCUT2D eigenvalue weighted by molar-refractivity contribution is -0.134. The molecule has 0 radical (unpaired) electrons. The molecule has 30 heavy (non-hydrogen) atoms. The van der Waals surface area contributed by atoms with E-state index in [0.717, 1.165) is 37.5 Å². The van der Waals surface area contributed by atoms with Crippen LogP contribution in [0.4, 0.5) is 0 Å². The van der Waals surface area contributed by atoms with Crippen LogP contribution in [-0.2, 0) is 11.2 Å². The Balaban J connectivity index is 1.35. The number of aryl methyl sites for hydroxylation is 2. The number of carbonyl (C=O) groups excluding carboxylic acids is 1. The molecule has 1 aromatic heterocycles. The van der Waals surface area contributed by atoms with Crippen LogP contribution in [0.3, 0.4) is 0 Å². The lowest BCUT2D eigenvalue weighted by Crippen LogP contribution is -2.52. The molecule has 0 saturated heterocycles. The number of rotatable bonds is 1. The summed E-state index contributed by atoms with van der Waals surface area (Å²) in [5, 5.41) is 1.22. The molecule has 4 aliphatic carbocycles. The largest absolute Gasteiger partial charge is 0.299 e. The van der Waals surface area contributed by atoms with E-state index in [1.807, 2.05) is 11.3 Å². The van der Waals surface area contributed by atoms with Crippen LogP contribution in [0, 0.1) is 35.5 Å². The first-order valence-corrected chi connectivity index (χ1v) is 12.8. The quantitative estimate of drug-likeness (QED) is 0.500. The zero-order valence-corrected chi connectivity index (χ0v) is 19.4. The van der Waals surface area contributed by atoms with Crippen LogP contribution in [0.5, 0.6) is 0 Å². The predicted molar refractivity (Wildman–Crippen MR) is 123 cm³/mol. The lowest BCUT2D eigenvalue weighted by Gasteiger charge is -2.59. The van der Waals surface area contributed by atoms with Gasteiger partial charge in [-0.25, -0.2) is 4.98 Å². The molecule has 0 N–H and O–H groups in total. The lowest BCUT2D eigenvalue weighted by atomic mass is 9.46. The van der Waals surface area contributed by atoms with E-state index in [9.17, 15) is 4.79 Å². The summed E-state index contributed by atoms with van der Waals surface area (Å²) < 4.78 is 0. The standard InChI is InChI=1S/C27H33NOS/c1-16-5-4-6-17(15-16)25-28-22-12-14-26(2)20-11-13-27(3)19(9-10-23(27)29)18(20)7-8-21(26)24(22)30-25/h4-6,15,18-21H,7-14H2,1-3H3/t18-,19-,20-,21?,26+,27-/m0/s1. The molecule has 2 nitrogen and oxygen atoms in total. The molecule has 1 aromatic carbocycles. The average molecular weight is 420 g/mol. The molecule has 6 atom stereocenters. The second kappa shape index (κ2) is 6.51. The van der Waals surface area contributed by atoms with Crippen molar-refractivity contribution in [1.29, 1.82) is 0 Å². The molecule has 1 unspecified atom stereocenters. The molecule has 0 amide bonds. The molecule has 1 heterocycles. The third-order valence-corrected chi connectivity index (χ3v) is 11.0. The van der Waals surface area contributed by atoms with Crippen molar-refractivity contribution in [3.05, 3.63) is 40.4 Å². The van der Waals surface area contributed by atoms with Gasteiger partial charge in [0.05, 0.1) is 5.69 Å². The van der Waals surface area contributed by atoms with Gasteiger partial charge < -0.3 is 0 Å². The minimum Gasteiger partial charge on any atom is -0.299 e. The molecule has 3 heteroatoms. The van der Waals surface area contributed by atoms with E-state index in [-0.39, 0.29) is 5.41 Å². The first kappa shape index (κ1) is 19.2. The summed E-state index contributed by atoms with van der Waals surface area (Å²) in [6.45, 7) is 7.07. The topological polar surface area (TPSA) is 30.0 Å². The predicted octanol–water partition coefficient (Wildman–Crippen LogP) is 6.96.